The van der Waals surface area contributed by atoms with Crippen LogP contribution in [0.5, 0.6) is 0 Å². The molecule has 1 aliphatic rings. The third kappa shape index (κ3) is 4.23. The summed E-state index contributed by atoms with van der Waals surface area (Å²) in [5, 5.41) is 14.5. The van der Waals surface area contributed by atoms with Crippen molar-refractivity contribution in [2.75, 3.05) is 0 Å². The van der Waals surface area contributed by atoms with Crippen molar-refractivity contribution in [3.8, 4) is 0 Å². The van der Waals surface area contributed by atoms with Crippen LogP contribution in [0.15, 0.2) is 28.7 Å². The molecule has 0 aliphatic heterocycles. The number of nitrogens with one attached hydrogen (secondary N) is 2. The molecule has 0 radical (unpaired) electrons. The molecule has 20 heavy (non-hydrogen) atoms. The van der Waals surface area contributed by atoms with Crippen LogP contribution in [0.4, 0.5) is 4.79 Å². The topological polar surface area (TPSA) is 78.4 Å². The number of benzene rings is 1. The Bertz CT molecular complexity index is 490. The van der Waals surface area contributed by atoms with Crippen LogP contribution >= 0.6 is 15.9 Å². The Balaban J connectivity index is 1.73. The zero-order valence-electron chi connectivity index (χ0n) is 10.9. The molecule has 0 bridgehead atoms. The minimum Gasteiger partial charge on any atom is -0.481 e. The zero-order chi connectivity index (χ0) is 14.5. The predicted molar refractivity (Wildman–Crippen MR) is 78.3 cm³/mol. The molecule has 1 fully saturated rings. The van der Waals surface area contributed by atoms with Crippen molar-refractivity contribution in [3.63, 3.8) is 0 Å². The SMILES string of the molecule is O=C(NCc1ccc(Br)cc1)N[C@H]1CC[C@@H](C(=O)O)C1. The molecule has 1 aromatic carbocycles. The average molecular weight is 341 g/mol. The van der Waals surface area contributed by atoms with E-state index in [2.05, 4.69) is 26.6 Å². The molecule has 5 nitrogen and oxygen atoms in total. The fourth-order valence-electron chi connectivity index (χ4n) is 2.36. The maximum atomic E-state index is 11.7. The first kappa shape index (κ1) is 14.8. The van der Waals surface area contributed by atoms with E-state index in [-0.39, 0.29) is 18.0 Å². The lowest BCUT2D eigenvalue weighted by molar-refractivity contribution is -0.141. The van der Waals surface area contributed by atoms with Gasteiger partial charge in [-0.25, -0.2) is 4.79 Å². The smallest absolute Gasteiger partial charge is 0.315 e. The first-order chi connectivity index (χ1) is 9.54. The van der Waals surface area contributed by atoms with Gasteiger partial charge in [-0.1, -0.05) is 28.1 Å². The normalized spacial score (nSPS) is 21.4. The summed E-state index contributed by atoms with van der Waals surface area (Å²) < 4.78 is 0.997. The van der Waals surface area contributed by atoms with E-state index >= 15 is 0 Å². The number of amides is 2. The Labute approximate surface area is 125 Å². The van der Waals surface area contributed by atoms with E-state index in [1.54, 1.807) is 0 Å². The molecule has 2 atom stereocenters. The Morgan fingerprint density at radius 3 is 2.55 bits per heavy atom. The molecule has 0 aromatic heterocycles. The van der Waals surface area contributed by atoms with Gasteiger partial charge in [0.2, 0.25) is 0 Å². The standard InChI is InChI=1S/C14H17BrN2O3/c15-11-4-1-9(2-5-11)8-16-14(20)17-12-6-3-10(7-12)13(18)19/h1-2,4-5,10,12H,3,6-8H2,(H,18,19)(H2,16,17,20)/t10-,12+/m1/s1. The van der Waals surface area contributed by atoms with Gasteiger partial charge in [-0.15, -0.1) is 0 Å². The van der Waals surface area contributed by atoms with Crippen LogP contribution < -0.4 is 10.6 Å². The highest BCUT2D eigenvalue weighted by Crippen LogP contribution is 2.25. The van der Waals surface area contributed by atoms with Crippen molar-refractivity contribution in [2.45, 2.75) is 31.8 Å². The Morgan fingerprint density at radius 1 is 1.25 bits per heavy atom. The maximum Gasteiger partial charge on any atom is 0.315 e. The van der Waals surface area contributed by atoms with Crippen LogP contribution in [-0.2, 0) is 11.3 Å². The lowest BCUT2D eigenvalue weighted by Crippen LogP contribution is -2.40. The summed E-state index contributed by atoms with van der Waals surface area (Å²) in [6.07, 6.45) is 1.87. The highest BCUT2D eigenvalue weighted by Gasteiger charge is 2.30. The van der Waals surface area contributed by atoms with Crippen LogP contribution in [0, 0.1) is 5.92 Å². The molecule has 0 heterocycles. The van der Waals surface area contributed by atoms with Crippen LogP contribution in [-0.4, -0.2) is 23.1 Å². The predicted octanol–water partition coefficient (Wildman–Crippen LogP) is 2.50. The van der Waals surface area contributed by atoms with Gasteiger partial charge in [-0.2, -0.15) is 0 Å². The monoisotopic (exact) mass is 340 g/mol. The summed E-state index contributed by atoms with van der Waals surface area (Å²) in [4.78, 5) is 22.6. The molecule has 2 amide bonds. The van der Waals surface area contributed by atoms with Crippen molar-refractivity contribution in [1.82, 2.24) is 10.6 Å². The summed E-state index contributed by atoms with van der Waals surface area (Å²) >= 11 is 3.35. The molecule has 6 heteroatoms. The third-order valence-electron chi connectivity index (χ3n) is 3.48. The summed E-state index contributed by atoms with van der Waals surface area (Å²) in [6.45, 7) is 0.453. The molecule has 3 N–H and O–H groups in total. The number of urea groups is 1. The fourth-order valence-corrected chi connectivity index (χ4v) is 2.62. The number of aliphatic carboxylic acids is 1. The molecule has 1 saturated carbocycles. The number of hydrogen-bond acceptors (Lipinski definition) is 2. The van der Waals surface area contributed by atoms with Crippen molar-refractivity contribution in [3.05, 3.63) is 34.3 Å². The Hall–Kier alpha value is -1.56. The number of hydrogen-bond donors (Lipinski definition) is 3. The highest BCUT2D eigenvalue weighted by atomic mass is 79.9. The molecular weight excluding hydrogens is 324 g/mol. The van der Waals surface area contributed by atoms with Gasteiger partial charge in [-0.05, 0) is 37.0 Å². The second-order valence-corrected chi connectivity index (χ2v) is 5.91. The number of carbonyl (C=O) groups is 2. The van der Waals surface area contributed by atoms with E-state index in [4.69, 9.17) is 5.11 Å². The Kier molecular flexibility index (Phi) is 5.00. The number of carbonyl (C=O) groups excluding carboxylic acids is 1. The van der Waals surface area contributed by atoms with Crippen molar-refractivity contribution >= 4 is 27.9 Å². The highest BCUT2D eigenvalue weighted by molar-refractivity contribution is 9.10. The van der Waals surface area contributed by atoms with Gasteiger partial charge in [0.15, 0.2) is 0 Å². The molecule has 0 saturated heterocycles. The van der Waals surface area contributed by atoms with E-state index in [1.165, 1.54) is 0 Å². The van der Waals surface area contributed by atoms with Gasteiger partial charge in [0.05, 0.1) is 5.92 Å². The zero-order valence-corrected chi connectivity index (χ0v) is 12.5. The van der Waals surface area contributed by atoms with Gasteiger partial charge in [0.1, 0.15) is 0 Å². The lowest BCUT2D eigenvalue weighted by atomic mass is 10.1. The van der Waals surface area contributed by atoms with Crippen molar-refractivity contribution < 1.29 is 14.7 Å². The second-order valence-electron chi connectivity index (χ2n) is 5.00. The quantitative estimate of drug-likeness (QED) is 0.787. The molecule has 108 valence electrons. The molecule has 1 aliphatic carbocycles. The van der Waals surface area contributed by atoms with Crippen molar-refractivity contribution in [2.24, 2.45) is 5.92 Å². The first-order valence-electron chi connectivity index (χ1n) is 6.56. The van der Waals surface area contributed by atoms with Crippen LogP contribution in [0.2, 0.25) is 0 Å². The Morgan fingerprint density at radius 2 is 1.95 bits per heavy atom. The van der Waals surface area contributed by atoms with Gasteiger partial charge in [-0.3, -0.25) is 4.79 Å². The lowest BCUT2D eigenvalue weighted by Gasteiger charge is -2.13. The van der Waals surface area contributed by atoms with Crippen LogP contribution in [0.1, 0.15) is 24.8 Å². The summed E-state index contributed by atoms with van der Waals surface area (Å²) in [7, 11) is 0. The average Bonchev–Trinajstić information content (AvgIpc) is 2.87. The summed E-state index contributed by atoms with van der Waals surface area (Å²) in [6, 6.07) is 7.41. The largest absolute Gasteiger partial charge is 0.481 e. The molecular formula is C14H17BrN2O3. The number of halogens is 1. The van der Waals surface area contributed by atoms with Crippen LogP contribution in [0.25, 0.3) is 0 Å². The number of rotatable bonds is 4. The maximum absolute atomic E-state index is 11.7. The summed E-state index contributed by atoms with van der Waals surface area (Å²) in [5.74, 6) is -1.10. The molecule has 0 unspecified atom stereocenters. The van der Waals surface area contributed by atoms with Crippen molar-refractivity contribution in [1.29, 1.82) is 0 Å². The minimum atomic E-state index is -0.774. The van der Waals surface area contributed by atoms with E-state index in [0.29, 0.717) is 19.4 Å². The van der Waals surface area contributed by atoms with E-state index < -0.39 is 5.97 Å². The third-order valence-corrected chi connectivity index (χ3v) is 4.01. The summed E-state index contributed by atoms with van der Waals surface area (Å²) in [5.41, 5.74) is 1.01. The van der Waals surface area contributed by atoms with E-state index in [1.807, 2.05) is 24.3 Å². The molecule has 2 rings (SSSR count). The number of carboxylic acid groups (broad SMARTS) is 1. The number of carboxylic acids is 1. The second kappa shape index (κ2) is 6.74. The molecule has 0 spiro atoms. The van der Waals surface area contributed by atoms with Gasteiger partial charge in [0.25, 0.3) is 0 Å². The van der Waals surface area contributed by atoms with E-state index in [9.17, 15) is 9.59 Å². The van der Waals surface area contributed by atoms with E-state index in [0.717, 1.165) is 16.5 Å². The van der Waals surface area contributed by atoms with Gasteiger partial charge in [0, 0.05) is 17.1 Å². The fraction of sp³-hybridized carbons (Fsp3) is 0.429. The van der Waals surface area contributed by atoms with Gasteiger partial charge >= 0.3 is 12.0 Å². The van der Waals surface area contributed by atoms with Gasteiger partial charge < -0.3 is 15.7 Å². The molecule has 1 aromatic rings. The van der Waals surface area contributed by atoms with Crippen LogP contribution in [0.3, 0.4) is 0 Å². The first-order valence-corrected chi connectivity index (χ1v) is 7.35. The minimum absolute atomic E-state index is 0.0407.